The van der Waals surface area contributed by atoms with E-state index in [0.717, 1.165) is 18.6 Å². The van der Waals surface area contributed by atoms with Gasteiger partial charge >= 0.3 is 0 Å². The number of benzene rings is 1. The van der Waals surface area contributed by atoms with Crippen LogP contribution in [0.4, 0.5) is 0 Å². The number of carbonyl (C=O) groups excluding carboxylic acids is 2. The van der Waals surface area contributed by atoms with Crippen LogP contribution in [0.15, 0.2) is 24.3 Å². The van der Waals surface area contributed by atoms with Gasteiger partial charge in [0.05, 0.1) is 6.10 Å². The summed E-state index contributed by atoms with van der Waals surface area (Å²) in [5.41, 5.74) is 0.674. The summed E-state index contributed by atoms with van der Waals surface area (Å²) in [7, 11) is 0. The molecule has 1 saturated carbocycles. The highest BCUT2D eigenvalue weighted by molar-refractivity contribution is 5.94. The Labute approximate surface area is 156 Å². The summed E-state index contributed by atoms with van der Waals surface area (Å²) in [6, 6.07) is 7.32. The Hall–Kier alpha value is -2.04. The Morgan fingerprint density at radius 3 is 2.08 bits per heavy atom. The monoisotopic (exact) mass is 358 g/mol. The van der Waals surface area contributed by atoms with Crippen molar-refractivity contribution in [2.75, 3.05) is 26.2 Å². The maximum Gasteiger partial charge on any atom is 0.253 e. The number of rotatable bonds is 4. The van der Waals surface area contributed by atoms with Gasteiger partial charge in [-0.1, -0.05) is 19.3 Å². The topological polar surface area (TPSA) is 49.9 Å². The first-order valence-corrected chi connectivity index (χ1v) is 9.89. The fraction of sp³-hybridized carbons (Fsp3) is 0.619. The second-order valence-electron chi connectivity index (χ2n) is 7.64. The fourth-order valence-electron chi connectivity index (χ4n) is 3.87. The lowest BCUT2D eigenvalue weighted by Crippen LogP contribution is -2.52. The molecule has 3 rings (SSSR count). The highest BCUT2D eigenvalue weighted by atomic mass is 16.5. The van der Waals surface area contributed by atoms with Crippen LogP contribution in [0.3, 0.4) is 0 Å². The van der Waals surface area contributed by atoms with Crippen molar-refractivity contribution in [3.63, 3.8) is 0 Å². The third kappa shape index (κ3) is 4.57. The largest absolute Gasteiger partial charge is 0.491 e. The molecule has 0 unspecified atom stereocenters. The summed E-state index contributed by atoms with van der Waals surface area (Å²) in [4.78, 5) is 29.1. The van der Waals surface area contributed by atoms with E-state index in [-0.39, 0.29) is 17.9 Å². The van der Waals surface area contributed by atoms with E-state index in [4.69, 9.17) is 4.74 Å². The van der Waals surface area contributed by atoms with Crippen LogP contribution in [0, 0.1) is 5.92 Å². The number of nitrogens with zero attached hydrogens (tertiary/aromatic N) is 2. The number of ether oxygens (including phenoxy) is 1. The van der Waals surface area contributed by atoms with Crippen molar-refractivity contribution in [2.24, 2.45) is 5.92 Å². The Kier molecular flexibility index (Phi) is 6.17. The van der Waals surface area contributed by atoms with Gasteiger partial charge in [0.1, 0.15) is 5.75 Å². The van der Waals surface area contributed by atoms with E-state index in [2.05, 4.69) is 0 Å². The summed E-state index contributed by atoms with van der Waals surface area (Å²) in [5, 5.41) is 0. The zero-order valence-corrected chi connectivity index (χ0v) is 15.9. The number of piperazine rings is 1. The number of hydrogen-bond acceptors (Lipinski definition) is 3. The van der Waals surface area contributed by atoms with E-state index in [1.807, 2.05) is 47.9 Å². The smallest absolute Gasteiger partial charge is 0.253 e. The maximum atomic E-state index is 12.7. The third-order valence-corrected chi connectivity index (χ3v) is 5.31. The molecule has 5 heteroatoms. The summed E-state index contributed by atoms with van der Waals surface area (Å²) >= 11 is 0. The fourth-order valence-corrected chi connectivity index (χ4v) is 3.87. The van der Waals surface area contributed by atoms with Gasteiger partial charge in [0, 0.05) is 37.7 Å². The molecular formula is C21H30N2O3. The first-order chi connectivity index (χ1) is 12.5. The van der Waals surface area contributed by atoms with Crippen LogP contribution >= 0.6 is 0 Å². The molecule has 26 heavy (non-hydrogen) atoms. The number of hydrogen-bond donors (Lipinski definition) is 0. The molecule has 2 amide bonds. The quantitative estimate of drug-likeness (QED) is 0.829. The average molecular weight is 358 g/mol. The van der Waals surface area contributed by atoms with Gasteiger partial charge in [-0.15, -0.1) is 0 Å². The molecule has 2 aliphatic rings. The molecule has 1 aromatic rings. The van der Waals surface area contributed by atoms with Crippen molar-refractivity contribution in [1.29, 1.82) is 0 Å². The van der Waals surface area contributed by atoms with Crippen molar-refractivity contribution < 1.29 is 14.3 Å². The van der Waals surface area contributed by atoms with Gasteiger partial charge in [-0.25, -0.2) is 0 Å². The molecule has 1 saturated heterocycles. The highest BCUT2D eigenvalue weighted by Crippen LogP contribution is 2.26. The minimum Gasteiger partial charge on any atom is -0.491 e. The van der Waals surface area contributed by atoms with E-state index in [0.29, 0.717) is 37.6 Å². The number of amides is 2. The van der Waals surface area contributed by atoms with Gasteiger partial charge < -0.3 is 14.5 Å². The van der Waals surface area contributed by atoms with Gasteiger partial charge in [-0.05, 0) is 51.0 Å². The summed E-state index contributed by atoms with van der Waals surface area (Å²) < 4.78 is 5.62. The third-order valence-electron chi connectivity index (χ3n) is 5.31. The first kappa shape index (κ1) is 18.7. The molecule has 0 aromatic heterocycles. The zero-order valence-electron chi connectivity index (χ0n) is 15.9. The van der Waals surface area contributed by atoms with Crippen molar-refractivity contribution >= 4 is 11.8 Å². The minimum atomic E-state index is 0.0332. The van der Waals surface area contributed by atoms with E-state index in [1.165, 1.54) is 19.3 Å². The Balaban J connectivity index is 1.52. The summed E-state index contributed by atoms with van der Waals surface area (Å²) in [6.45, 7) is 6.48. The van der Waals surface area contributed by atoms with Crippen molar-refractivity contribution in [1.82, 2.24) is 9.80 Å². The SMILES string of the molecule is CC(C)Oc1ccc(C(=O)N2CCN(C(=O)C3CCCCC3)CC2)cc1. The lowest BCUT2D eigenvalue weighted by molar-refractivity contribution is -0.138. The summed E-state index contributed by atoms with van der Waals surface area (Å²) in [6.07, 6.45) is 5.78. The molecule has 0 radical (unpaired) electrons. The lowest BCUT2D eigenvalue weighted by Gasteiger charge is -2.37. The minimum absolute atomic E-state index is 0.0332. The summed E-state index contributed by atoms with van der Waals surface area (Å²) in [5.74, 6) is 1.32. The maximum absolute atomic E-state index is 12.7. The van der Waals surface area contributed by atoms with Crippen molar-refractivity contribution in [2.45, 2.75) is 52.1 Å². The van der Waals surface area contributed by atoms with Crippen molar-refractivity contribution in [3.05, 3.63) is 29.8 Å². The van der Waals surface area contributed by atoms with Crippen LogP contribution < -0.4 is 4.74 Å². The molecule has 0 atom stereocenters. The molecule has 0 spiro atoms. The van der Waals surface area contributed by atoms with Gasteiger partial charge in [0.25, 0.3) is 5.91 Å². The molecule has 1 aliphatic heterocycles. The second-order valence-corrected chi connectivity index (χ2v) is 7.64. The second kappa shape index (κ2) is 8.56. The van der Waals surface area contributed by atoms with Crippen LogP contribution in [0.1, 0.15) is 56.3 Å². The Morgan fingerprint density at radius 1 is 0.923 bits per heavy atom. The van der Waals surface area contributed by atoms with Crippen molar-refractivity contribution in [3.8, 4) is 5.75 Å². The average Bonchev–Trinajstić information content (AvgIpc) is 2.68. The van der Waals surface area contributed by atoms with Crippen LogP contribution in [0.2, 0.25) is 0 Å². The van der Waals surface area contributed by atoms with Crippen LogP contribution in [0.25, 0.3) is 0 Å². The molecule has 1 heterocycles. The predicted octanol–water partition coefficient (Wildman–Crippen LogP) is 3.34. The molecular weight excluding hydrogens is 328 g/mol. The standard InChI is InChI=1S/C21H30N2O3/c1-16(2)26-19-10-8-18(9-11-19)21(25)23-14-12-22(13-15-23)20(24)17-6-4-3-5-7-17/h8-11,16-17H,3-7,12-15H2,1-2H3. The molecule has 5 nitrogen and oxygen atoms in total. The first-order valence-electron chi connectivity index (χ1n) is 9.89. The molecule has 1 aliphatic carbocycles. The van der Waals surface area contributed by atoms with Gasteiger partial charge in [-0.3, -0.25) is 9.59 Å². The Morgan fingerprint density at radius 2 is 1.50 bits per heavy atom. The van der Waals surface area contributed by atoms with Crippen LogP contribution in [-0.4, -0.2) is 53.9 Å². The van der Waals surface area contributed by atoms with Gasteiger partial charge in [0.15, 0.2) is 0 Å². The molecule has 2 fully saturated rings. The molecule has 142 valence electrons. The lowest BCUT2D eigenvalue weighted by atomic mass is 9.88. The van der Waals surface area contributed by atoms with Gasteiger partial charge in [-0.2, -0.15) is 0 Å². The highest BCUT2D eigenvalue weighted by Gasteiger charge is 2.29. The molecule has 0 bridgehead atoms. The predicted molar refractivity (Wildman–Crippen MR) is 101 cm³/mol. The van der Waals surface area contributed by atoms with E-state index in [1.54, 1.807) is 0 Å². The van der Waals surface area contributed by atoms with E-state index >= 15 is 0 Å². The van der Waals surface area contributed by atoms with Gasteiger partial charge in [0.2, 0.25) is 5.91 Å². The van der Waals surface area contributed by atoms with E-state index in [9.17, 15) is 9.59 Å². The molecule has 1 aromatic carbocycles. The molecule has 0 N–H and O–H groups in total. The zero-order chi connectivity index (χ0) is 18.5. The Bertz CT molecular complexity index is 613. The van der Waals surface area contributed by atoms with Crippen LogP contribution in [0.5, 0.6) is 5.75 Å². The normalized spacial score (nSPS) is 18.9. The number of carbonyl (C=O) groups is 2. The van der Waals surface area contributed by atoms with E-state index < -0.39 is 0 Å². The van der Waals surface area contributed by atoms with Crippen LogP contribution in [-0.2, 0) is 4.79 Å².